The van der Waals surface area contributed by atoms with Crippen LogP contribution in [0.1, 0.15) is 6.92 Å². The second-order valence-electron chi connectivity index (χ2n) is 4.23. The van der Waals surface area contributed by atoms with Crippen molar-refractivity contribution in [3.05, 3.63) is 48.5 Å². The number of benzene rings is 2. The first-order chi connectivity index (χ1) is 10.0. The van der Waals surface area contributed by atoms with Crippen molar-refractivity contribution in [2.24, 2.45) is 5.84 Å². The number of hydrogen-bond donors (Lipinski definition) is 3. The minimum absolute atomic E-state index is 0.162. The monoisotopic (exact) mass is 307 g/mol. The number of nitrogens with one attached hydrogen (secondary N) is 2. The van der Waals surface area contributed by atoms with Crippen LogP contribution in [0.2, 0.25) is 0 Å². The molecule has 0 aliphatic carbocycles. The number of ether oxygens (including phenoxy) is 1. The van der Waals surface area contributed by atoms with Gasteiger partial charge < -0.3 is 10.2 Å². The molecule has 0 aliphatic heterocycles. The van der Waals surface area contributed by atoms with Crippen molar-refractivity contribution in [2.45, 2.75) is 11.8 Å². The predicted molar refractivity (Wildman–Crippen MR) is 82.7 cm³/mol. The molecule has 2 aromatic rings. The van der Waals surface area contributed by atoms with Gasteiger partial charge in [-0.25, -0.2) is 8.42 Å². The summed E-state index contributed by atoms with van der Waals surface area (Å²) >= 11 is 0. The van der Waals surface area contributed by atoms with Crippen LogP contribution in [-0.2, 0) is 10.0 Å². The Morgan fingerprint density at radius 3 is 2.10 bits per heavy atom. The number of nitrogens with two attached hydrogens (primary N) is 1. The van der Waals surface area contributed by atoms with Gasteiger partial charge in [0.1, 0.15) is 5.75 Å². The fourth-order valence-corrected chi connectivity index (χ4v) is 2.79. The van der Waals surface area contributed by atoms with E-state index in [2.05, 4.69) is 10.1 Å². The Kier molecular flexibility index (Phi) is 4.66. The Labute approximate surface area is 124 Å². The number of hydrogen-bond acceptors (Lipinski definition) is 5. The Hall–Kier alpha value is -2.25. The molecule has 4 N–H and O–H groups in total. The lowest BCUT2D eigenvalue weighted by molar-refractivity contribution is 0.340. The molecule has 0 atom stereocenters. The van der Waals surface area contributed by atoms with Gasteiger partial charge in [-0.1, -0.05) is 0 Å². The molecule has 0 bridgehead atoms. The van der Waals surface area contributed by atoms with Crippen LogP contribution in [0.4, 0.5) is 11.4 Å². The summed E-state index contributed by atoms with van der Waals surface area (Å²) in [7, 11) is -3.62. The van der Waals surface area contributed by atoms with E-state index in [4.69, 9.17) is 10.6 Å². The van der Waals surface area contributed by atoms with Gasteiger partial charge in [0, 0.05) is 11.4 Å². The summed E-state index contributed by atoms with van der Waals surface area (Å²) in [5.74, 6) is 5.94. The Morgan fingerprint density at radius 2 is 1.57 bits per heavy atom. The van der Waals surface area contributed by atoms with Crippen molar-refractivity contribution in [1.82, 2.24) is 0 Å². The molecule has 7 heteroatoms. The van der Waals surface area contributed by atoms with Crippen LogP contribution in [0.5, 0.6) is 5.75 Å². The van der Waals surface area contributed by atoms with Gasteiger partial charge in [0.15, 0.2) is 0 Å². The summed E-state index contributed by atoms with van der Waals surface area (Å²) in [6.45, 7) is 2.45. The fraction of sp³-hybridized carbons (Fsp3) is 0.143. The third kappa shape index (κ3) is 3.87. The van der Waals surface area contributed by atoms with E-state index in [0.717, 1.165) is 0 Å². The summed E-state index contributed by atoms with van der Waals surface area (Å²) in [6, 6.07) is 12.9. The largest absolute Gasteiger partial charge is 0.494 e. The molecule has 0 saturated heterocycles. The topological polar surface area (TPSA) is 93.4 Å². The molecule has 0 aromatic heterocycles. The molecule has 0 saturated carbocycles. The van der Waals surface area contributed by atoms with Gasteiger partial charge in [-0.05, 0) is 55.5 Å². The first kappa shape index (κ1) is 15.1. The molecule has 0 radical (unpaired) electrons. The molecule has 6 nitrogen and oxygen atoms in total. The normalized spacial score (nSPS) is 11.0. The van der Waals surface area contributed by atoms with Gasteiger partial charge in [-0.15, -0.1) is 0 Å². The molecule has 2 rings (SSSR count). The third-order valence-corrected chi connectivity index (χ3v) is 4.15. The third-order valence-electron chi connectivity index (χ3n) is 2.75. The average molecular weight is 307 g/mol. The molecule has 0 amide bonds. The SMILES string of the molecule is CCOc1ccc(NS(=O)(=O)c2ccc(NN)cc2)cc1. The first-order valence-corrected chi connectivity index (χ1v) is 7.86. The molecule has 0 fully saturated rings. The lowest BCUT2D eigenvalue weighted by atomic mass is 10.3. The molecule has 112 valence electrons. The van der Waals surface area contributed by atoms with Crippen molar-refractivity contribution < 1.29 is 13.2 Å². The lowest BCUT2D eigenvalue weighted by Gasteiger charge is -2.09. The van der Waals surface area contributed by atoms with Crippen LogP contribution >= 0.6 is 0 Å². The highest BCUT2D eigenvalue weighted by Gasteiger charge is 2.13. The van der Waals surface area contributed by atoms with Crippen molar-refractivity contribution in [3.8, 4) is 5.75 Å². The highest BCUT2D eigenvalue weighted by Crippen LogP contribution is 2.20. The summed E-state index contributed by atoms with van der Waals surface area (Å²) in [5.41, 5.74) is 3.55. The number of sulfonamides is 1. The number of rotatable bonds is 6. The summed E-state index contributed by atoms with van der Waals surface area (Å²) in [6.07, 6.45) is 0. The predicted octanol–water partition coefficient (Wildman–Crippen LogP) is 2.17. The zero-order chi connectivity index (χ0) is 15.3. The van der Waals surface area contributed by atoms with Crippen molar-refractivity contribution in [3.63, 3.8) is 0 Å². The van der Waals surface area contributed by atoms with E-state index in [-0.39, 0.29) is 4.90 Å². The number of anilines is 2. The van der Waals surface area contributed by atoms with Crippen LogP contribution < -0.4 is 20.7 Å². The summed E-state index contributed by atoms with van der Waals surface area (Å²) in [5, 5.41) is 0. The standard InChI is InChI=1S/C14H17N3O3S/c1-2-20-13-7-3-12(4-8-13)17-21(18,19)14-9-5-11(16-15)6-10-14/h3-10,16-17H,2,15H2,1H3. The van der Waals surface area contributed by atoms with Gasteiger partial charge in [-0.2, -0.15) is 0 Å². The number of nitrogen functional groups attached to an aromatic ring is 1. The van der Waals surface area contributed by atoms with Crippen LogP contribution in [-0.4, -0.2) is 15.0 Å². The van der Waals surface area contributed by atoms with Crippen LogP contribution in [0.25, 0.3) is 0 Å². The van der Waals surface area contributed by atoms with Gasteiger partial charge in [0.2, 0.25) is 0 Å². The van der Waals surface area contributed by atoms with E-state index in [9.17, 15) is 8.42 Å². The molecule has 21 heavy (non-hydrogen) atoms. The van der Waals surface area contributed by atoms with Crippen LogP contribution in [0, 0.1) is 0 Å². The van der Waals surface area contributed by atoms with Crippen molar-refractivity contribution in [2.75, 3.05) is 16.8 Å². The van der Waals surface area contributed by atoms with Crippen LogP contribution in [0.3, 0.4) is 0 Å². The zero-order valence-electron chi connectivity index (χ0n) is 11.5. The Balaban J connectivity index is 2.16. The maximum atomic E-state index is 12.2. The minimum Gasteiger partial charge on any atom is -0.494 e. The van der Waals surface area contributed by atoms with E-state index in [1.807, 2.05) is 6.92 Å². The van der Waals surface area contributed by atoms with E-state index < -0.39 is 10.0 Å². The molecule has 0 heterocycles. The Morgan fingerprint density at radius 1 is 1.00 bits per heavy atom. The molecule has 2 aromatic carbocycles. The first-order valence-electron chi connectivity index (χ1n) is 6.37. The number of hydrazine groups is 1. The fourth-order valence-electron chi connectivity index (χ4n) is 1.73. The molecular formula is C14H17N3O3S. The summed E-state index contributed by atoms with van der Waals surface area (Å²) < 4.78 is 32.2. The quantitative estimate of drug-likeness (QED) is 0.562. The minimum atomic E-state index is -3.62. The second-order valence-corrected chi connectivity index (χ2v) is 5.91. The summed E-state index contributed by atoms with van der Waals surface area (Å²) in [4.78, 5) is 0.162. The maximum Gasteiger partial charge on any atom is 0.261 e. The van der Waals surface area contributed by atoms with Crippen molar-refractivity contribution in [1.29, 1.82) is 0 Å². The molecule has 0 unspecified atom stereocenters. The lowest BCUT2D eigenvalue weighted by Crippen LogP contribution is -2.13. The zero-order valence-corrected chi connectivity index (χ0v) is 12.4. The van der Waals surface area contributed by atoms with E-state index >= 15 is 0 Å². The van der Waals surface area contributed by atoms with E-state index in [1.165, 1.54) is 12.1 Å². The van der Waals surface area contributed by atoms with Gasteiger partial charge in [-0.3, -0.25) is 10.6 Å². The molecular weight excluding hydrogens is 290 g/mol. The highest BCUT2D eigenvalue weighted by atomic mass is 32.2. The van der Waals surface area contributed by atoms with Gasteiger partial charge in [0.25, 0.3) is 10.0 Å². The average Bonchev–Trinajstić information content (AvgIpc) is 2.49. The second kappa shape index (κ2) is 6.47. The van der Waals surface area contributed by atoms with Crippen LogP contribution in [0.15, 0.2) is 53.4 Å². The molecule has 0 aliphatic rings. The smallest absolute Gasteiger partial charge is 0.261 e. The van der Waals surface area contributed by atoms with E-state index in [0.29, 0.717) is 23.7 Å². The van der Waals surface area contributed by atoms with Gasteiger partial charge >= 0.3 is 0 Å². The highest BCUT2D eigenvalue weighted by molar-refractivity contribution is 7.92. The maximum absolute atomic E-state index is 12.2. The van der Waals surface area contributed by atoms with Gasteiger partial charge in [0.05, 0.1) is 11.5 Å². The Bertz CT molecular complexity index is 682. The van der Waals surface area contributed by atoms with Crippen molar-refractivity contribution >= 4 is 21.4 Å². The molecule has 0 spiro atoms. The van der Waals surface area contributed by atoms with E-state index in [1.54, 1.807) is 36.4 Å².